The number of aromatic amines is 1. The zero-order chi connectivity index (χ0) is 19.3. The smallest absolute Gasteiger partial charge is 0.128 e. The lowest BCUT2D eigenvalue weighted by atomic mass is 9.89. The Hall–Kier alpha value is -2.21. The number of halogens is 1. The van der Waals surface area contributed by atoms with E-state index in [0.29, 0.717) is 18.0 Å². The van der Waals surface area contributed by atoms with E-state index in [-0.39, 0.29) is 19.0 Å². The Balaban J connectivity index is 1.22. The standard InChI is InChI=1S/C23H27FN2O2/c24-22-7-3-1-5-18(22)15-28-16-19(27)14-26-11-9-17(10-12-26)21-13-25-23-8-4-2-6-20(21)23/h1-8,13,17,19,25,27H,9-12,14-16H2. The number of benzene rings is 2. The van der Waals surface area contributed by atoms with E-state index in [4.69, 9.17) is 4.74 Å². The molecule has 28 heavy (non-hydrogen) atoms. The largest absolute Gasteiger partial charge is 0.389 e. The van der Waals surface area contributed by atoms with Crippen LogP contribution in [0, 0.1) is 5.82 Å². The summed E-state index contributed by atoms with van der Waals surface area (Å²) < 4.78 is 19.1. The van der Waals surface area contributed by atoms with Gasteiger partial charge in [-0.2, -0.15) is 0 Å². The number of hydrogen-bond acceptors (Lipinski definition) is 3. The Bertz CT molecular complexity index is 902. The lowest BCUT2D eigenvalue weighted by Crippen LogP contribution is -2.39. The van der Waals surface area contributed by atoms with Crippen molar-refractivity contribution >= 4 is 10.9 Å². The quantitative estimate of drug-likeness (QED) is 0.648. The number of rotatable bonds is 7. The Labute approximate surface area is 164 Å². The average molecular weight is 382 g/mol. The van der Waals surface area contributed by atoms with Gasteiger partial charge in [-0.3, -0.25) is 0 Å². The fraction of sp³-hybridized carbons (Fsp3) is 0.391. The number of piperidine rings is 1. The molecule has 0 bridgehead atoms. The molecule has 1 fully saturated rings. The highest BCUT2D eigenvalue weighted by atomic mass is 19.1. The fourth-order valence-electron chi connectivity index (χ4n) is 4.13. The van der Waals surface area contributed by atoms with E-state index in [0.717, 1.165) is 25.9 Å². The minimum atomic E-state index is -0.559. The van der Waals surface area contributed by atoms with E-state index in [1.165, 1.54) is 22.5 Å². The Morgan fingerprint density at radius 3 is 2.68 bits per heavy atom. The second-order valence-corrected chi connectivity index (χ2v) is 7.62. The van der Waals surface area contributed by atoms with Crippen LogP contribution in [0.4, 0.5) is 4.39 Å². The average Bonchev–Trinajstić information content (AvgIpc) is 3.14. The third kappa shape index (κ3) is 4.43. The minimum Gasteiger partial charge on any atom is -0.389 e. The topological polar surface area (TPSA) is 48.5 Å². The minimum absolute atomic E-state index is 0.187. The zero-order valence-electron chi connectivity index (χ0n) is 16.0. The number of fused-ring (bicyclic) bond motifs is 1. The van der Waals surface area contributed by atoms with E-state index in [1.807, 2.05) is 0 Å². The lowest BCUT2D eigenvalue weighted by molar-refractivity contribution is 0.00552. The molecule has 3 aromatic rings. The predicted molar refractivity (Wildman–Crippen MR) is 109 cm³/mol. The van der Waals surface area contributed by atoms with Gasteiger partial charge in [-0.05, 0) is 49.5 Å². The maximum absolute atomic E-state index is 13.6. The molecule has 1 atom stereocenters. The number of para-hydroxylation sites is 1. The van der Waals surface area contributed by atoms with Crippen molar-refractivity contribution in [3.05, 3.63) is 71.7 Å². The molecule has 1 aliphatic rings. The van der Waals surface area contributed by atoms with Gasteiger partial charge in [0.15, 0.2) is 0 Å². The van der Waals surface area contributed by atoms with Crippen LogP contribution < -0.4 is 0 Å². The van der Waals surface area contributed by atoms with Gasteiger partial charge < -0.3 is 19.7 Å². The summed E-state index contributed by atoms with van der Waals surface area (Å²) in [7, 11) is 0. The number of ether oxygens (including phenoxy) is 1. The highest BCUT2D eigenvalue weighted by Crippen LogP contribution is 2.33. The first-order valence-corrected chi connectivity index (χ1v) is 9.98. The summed E-state index contributed by atoms with van der Waals surface area (Å²) in [6.07, 6.45) is 3.77. The summed E-state index contributed by atoms with van der Waals surface area (Å²) in [5.74, 6) is 0.290. The van der Waals surface area contributed by atoms with Crippen molar-refractivity contribution in [2.45, 2.75) is 31.5 Å². The number of aromatic nitrogens is 1. The van der Waals surface area contributed by atoms with E-state index >= 15 is 0 Å². The molecule has 1 aromatic heterocycles. The molecule has 4 rings (SSSR count). The van der Waals surface area contributed by atoms with Crippen LogP contribution in [0.3, 0.4) is 0 Å². The lowest BCUT2D eigenvalue weighted by Gasteiger charge is -2.33. The highest BCUT2D eigenvalue weighted by molar-refractivity contribution is 5.83. The normalized spacial score (nSPS) is 17.2. The number of H-pyrrole nitrogens is 1. The molecule has 5 heteroatoms. The number of aliphatic hydroxyl groups is 1. The summed E-state index contributed by atoms with van der Waals surface area (Å²) >= 11 is 0. The molecule has 0 saturated carbocycles. The van der Waals surface area contributed by atoms with Crippen LogP contribution in [0.2, 0.25) is 0 Å². The third-order valence-electron chi connectivity index (χ3n) is 5.64. The van der Waals surface area contributed by atoms with Crippen LogP contribution in [0.25, 0.3) is 10.9 Å². The van der Waals surface area contributed by atoms with Crippen molar-refractivity contribution in [1.82, 2.24) is 9.88 Å². The van der Waals surface area contributed by atoms with Gasteiger partial charge in [-0.25, -0.2) is 4.39 Å². The molecule has 0 amide bonds. The van der Waals surface area contributed by atoms with Gasteiger partial charge >= 0.3 is 0 Å². The fourth-order valence-corrected chi connectivity index (χ4v) is 4.13. The SMILES string of the molecule is OC(COCc1ccccc1F)CN1CCC(c2c[nH]c3ccccc23)CC1. The van der Waals surface area contributed by atoms with Gasteiger partial charge in [0.2, 0.25) is 0 Å². The Morgan fingerprint density at radius 2 is 1.86 bits per heavy atom. The highest BCUT2D eigenvalue weighted by Gasteiger charge is 2.24. The molecule has 1 saturated heterocycles. The first-order chi connectivity index (χ1) is 13.7. The van der Waals surface area contributed by atoms with Crippen molar-refractivity contribution in [3.8, 4) is 0 Å². The molecule has 0 aliphatic carbocycles. The predicted octanol–water partition coefficient (Wildman–Crippen LogP) is 4.06. The molecule has 0 radical (unpaired) electrons. The van der Waals surface area contributed by atoms with Crippen molar-refractivity contribution < 1.29 is 14.2 Å². The maximum Gasteiger partial charge on any atom is 0.128 e. The monoisotopic (exact) mass is 382 g/mol. The molecular weight excluding hydrogens is 355 g/mol. The van der Waals surface area contributed by atoms with Crippen LogP contribution in [-0.2, 0) is 11.3 Å². The van der Waals surface area contributed by atoms with Gasteiger partial charge in [0.1, 0.15) is 5.82 Å². The van der Waals surface area contributed by atoms with Crippen LogP contribution >= 0.6 is 0 Å². The number of aliphatic hydroxyl groups excluding tert-OH is 1. The van der Waals surface area contributed by atoms with Crippen LogP contribution in [0.5, 0.6) is 0 Å². The first-order valence-electron chi connectivity index (χ1n) is 9.98. The van der Waals surface area contributed by atoms with Crippen LogP contribution in [0.15, 0.2) is 54.7 Å². The molecule has 4 nitrogen and oxygen atoms in total. The van der Waals surface area contributed by atoms with Crippen molar-refractivity contribution in [2.24, 2.45) is 0 Å². The van der Waals surface area contributed by atoms with Gasteiger partial charge in [0.05, 0.1) is 19.3 Å². The number of β-amino-alcohol motifs (C(OH)–C–C–N with tert-alkyl or cyclic N) is 1. The Kier molecular flexibility index (Phi) is 6.05. The number of nitrogens with zero attached hydrogens (tertiary/aromatic N) is 1. The number of hydrogen-bond donors (Lipinski definition) is 2. The van der Waals surface area contributed by atoms with Crippen molar-refractivity contribution in [1.29, 1.82) is 0 Å². The van der Waals surface area contributed by atoms with Crippen LogP contribution in [0.1, 0.15) is 29.9 Å². The molecule has 1 aliphatic heterocycles. The molecule has 2 heterocycles. The number of likely N-dealkylation sites (tertiary alicyclic amines) is 1. The summed E-state index contributed by atoms with van der Waals surface area (Å²) in [6, 6.07) is 15.0. The van der Waals surface area contributed by atoms with E-state index in [2.05, 4.69) is 40.3 Å². The molecular formula is C23H27FN2O2. The third-order valence-corrected chi connectivity index (χ3v) is 5.64. The molecule has 2 aromatic carbocycles. The number of nitrogens with one attached hydrogen (secondary N) is 1. The second kappa shape index (κ2) is 8.86. The van der Waals surface area contributed by atoms with Crippen molar-refractivity contribution in [3.63, 3.8) is 0 Å². The molecule has 1 unspecified atom stereocenters. The van der Waals surface area contributed by atoms with Gasteiger partial charge in [-0.15, -0.1) is 0 Å². The molecule has 148 valence electrons. The summed E-state index contributed by atoms with van der Waals surface area (Å²) in [5.41, 5.74) is 3.13. The second-order valence-electron chi connectivity index (χ2n) is 7.62. The van der Waals surface area contributed by atoms with Crippen LogP contribution in [-0.4, -0.2) is 47.3 Å². The van der Waals surface area contributed by atoms with E-state index in [9.17, 15) is 9.50 Å². The zero-order valence-corrected chi connectivity index (χ0v) is 16.0. The Morgan fingerprint density at radius 1 is 1.11 bits per heavy atom. The van der Waals surface area contributed by atoms with Crippen molar-refractivity contribution in [2.75, 3.05) is 26.2 Å². The summed E-state index contributed by atoms with van der Waals surface area (Å²) in [4.78, 5) is 5.67. The molecule has 0 spiro atoms. The summed E-state index contributed by atoms with van der Waals surface area (Å²) in [6.45, 7) is 2.93. The van der Waals surface area contributed by atoms with E-state index in [1.54, 1.807) is 18.2 Å². The van der Waals surface area contributed by atoms with Gasteiger partial charge in [0, 0.05) is 29.2 Å². The maximum atomic E-state index is 13.6. The van der Waals surface area contributed by atoms with Gasteiger partial charge in [0.25, 0.3) is 0 Å². The first kappa shape index (κ1) is 19.1. The summed E-state index contributed by atoms with van der Waals surface area (Å²) in [5, 5.41) is 11.6. The van der Waals surface area contributed by atoms with Gasteiger partial charge in [-0.1, -0.05) is 36.4 Å². The molecule has 2 N–H and O–H groups in total. The van der Waals surface area contributed by atoms with E-state index < -0.39 is 6.10 Å².